The molecule has 0 unspecified atom stereocenters. The Morgan fingerprint density at radius 3 is 2.65 bits per heavy atom. The van der Waals surface area contributed by atoms with Crippen LogP contribution in [0.1, 0.15) is 5.56 Å². The summed E-state index contributed by atoms with van der Waals surface area (Å²) in [6.45, 7) is 1.30. The molecule has 1 heterocycles. The summed E-state index contributed by atoms with van der Waals surface area (Å²) < 4.78 is 10.3. The molecule has 23 heavy (non-hydrogen) atoms. The average Bonchev–Trinajstić information content (AvgIpc) is 2.61. The molecule has 5 nitrogen and oxygen atoms in total. The molecule has 0 fully saturated rings. The lowest BCUT2D eigenvalue weighted by atomic mass is 10.2. The summed E-state index contributed by atoms with van der Waals surface area (Å²) in [4.78, 5) is 17.3. The van der Waals surface area contributed by atoms with Crippen LogP contribution in [0.4, 0.5) is 5.82 Å². The van der Waals surface area contributed by atoms with Gasteiger partial charge >= 0.3 is 5.97 Å². The number of pyridine rings is 1. The molecule has 0 bridgehead atoms. The van der Waals surface area contributed by atoms with Crippen LogP contribution < -0.4 is 9.64 Å². The Balaban J connectivity index is 1.80. The van der Waals surface area contributed by atoms with Gasteiger partial charge in [0.15, 0.2) is 0 Å². The summed E-state index contributed by atoms with van der Waals surface area (Å²) in [7, 11) is 3.33. The predicted octanol–water partition coefficient (Wildman–Crippen LogP) is 2.78. The summed E-state index contributed by atoms with van der Waals surface area (Å²) in [5.74, 6) is 1.33. The van der Waals surface area contributed by atoms with E-state index in [9.17, 15) is 4.79 Å². The van der Waals surface area contributed by atoms with E-state index in [1.54, 1.807) is 12.3 Å². The van der Waals surface area contributed by atoms with Crippen LogP contribution in [0, 0.1) is 0 Å². The number of nitrogens with zero attached hydrogens (tertiary/aromatic N) is 2. The van der Waals surface area contributed by atoms with E-state index in [-0.39, 0.29) is 5.97 Å². The summed E-state index contributed by atoms with van der Waals surface area (Å²) in [6, 6.07) is 13.3. The van der Waals surface area contributed by atoms with Crippen LogP contribution in [0.5, 0.6) is 5.75 Å². The molecule has 0 aliphatic rings. The standard InChI is InChI=1S/C18H20N2O3/c1-20(17-5-3-4-12-19-17)13-14-23-16-9-6-15(7-10-16)8-11-18(21)22-2/h3-12H,13-14H2,1-2H3/b11-8+. The second-order valence-corrected chi connectivity index (χ2v) is 4.88. The lowest BCUT2D eigenvalue weighted by molar-refractivity contribution is -0.134. The zero-order valence-corrected chi connectivity index (χ0v) is 13.3. The van der Waals surface area contributed by atoms with Gasteiger partial charge in [0.25, 0.3) is 0 Å². The van der Waals surface area contributed by atoms with Gasteiger partial charge < -0.3 is 14.4 Å². The average molecular weight is 312 g/mol. The lowest BCUT2D eigenvalue weighted by Crippen LogP contribution is -2.24. The van der Waals surface area contributed by atoms with Gasteiger partial charge in [-0.1, -0.05) is 18.2 Å². The Morgan fingerprint density at radius 2 is 2.00 bits per heavy atom. The number of likely N-dealkylation sites (N-methyl/N-ethyl adjacent to an activating group) is 1. The van der Waals surface area contributed by atoms with Crippen molar-refractivity contribution in [2.75, 3.05) is 32.2 Å². The van der Waals surface area contributed by atoms with Crippen LogP contribution in [0.15, 0.2) is 54.7 Å². The van der Waals surface area contributed by atoms with Crippen molar-refractivity contribution < 1.29 is 14.3 Å². The molecular formula is C18H20N2O3. The van der Waals surface area contributed by atoms with Gasteiger partial charge in [0, 0.05) is 19.3 Å². The van der Waals surface area contributed by atoms with Crippen molar-refractivity contribution in [2.24, 2.45) is 0 Å². The van der Waals surface area contributed by atoms with E-state index in [4.69, 9.17) is 4.74 Å². The Bertz CT molecular complexity index is 639. The second kappa shape index (κ2) is 8.58. The van der Waals surface area contributed by atoms with E-state index in [1.165, 1.54) is 13.2 Å². The molecule has 0 amide bonds. The molecule has 2 rings (SSSR count). The zero-order chi connectivity index (χ0) is 16.5. The Morgan fingerprint density at radius 1 is 1.22 bits per heavy atom. The van der Waals surface area contributed by atoms with Gasteiger partial charge in [0.05, 0.1) is 13.7 Å². The van der Waals surface area contributed by atoms with Crippen LogP contribution in [-0.4, -0.2) is 38.3 Å². The SMILES string of the molecule is COC(=O)/C=C/c1ccc(OCCN(C)c2ccccn2)cc1. The van der Waals surface area contributed by atoms with E-state index in [2.05, 4.69) is 9.72 Å². The Hall–Kier alpha value is -2.82. The van der Waals surface area contributed by atoms with Crippen LogP contribution in [-0.2, 0) is 9.53 Å². The van der Waals surface area contributed by atoms with Crippen LogP contribution in [0.3, 0.4) is 0 Å². The first-order valence-electron chi connectivity index (χ1n) is 7.30. The molecule has 5 heteroatoms. The second-order valence-electron chi connectivity index (χ2n) is 4.88. The molecule has 0 aliphatic carbocycles. The molecule has 1 aromatic carbocycles. The maximum atomic E-state index is 11.0. The van der Waals surface area contributed by atoms with Gasteiger partial charge in [-0.05, 0) is 35.9 Å². The number of benzene rings is 1. The molecule has 0 saturated carbocycles. The first-order valence-corrected chi connectivity index (χ1v) is 7.30. The Labute approximate surface area is 136 Å². The minimum atomic E-state index is -0.372. The van der Waals surface area contributed by atoms with Crippen LogP contribution in [0.25, 0.3) is 6.08 Å². The summed E-state index contributed by atoms with van der Waals surface area (Å²) in [5, 5.41) is 0. The van der Waals surface area contributed by atoms with Gasteiger partial charge in [-0.15, -0.1) is 0 Å². The highest BCUT2D eigenvalue weighted by Crippen LogP contribution is 2.14. The molecule has 1 aromatic heterocycles. The topological polar surface area (TPSA) is 51.7 Å². The molecule has 2 aromatic rings. The largest absolute Gasteiger partial charge is 0.492 e. The van der Waals surface area contributed by atoms with E-state index in [0.29, 0.717) is 6.61 Å². The molecule has 0 spiro atoms. The molecule has 120 valence electrons. The highest BCUT2D eigenvalue weighted by Gasteiger charge is 2.01. The quantitative estimate of drug-likeness (QED) is 0.581. The molecule has 0 radical (unpaired) electrons. The summed E-state index contributed by atoms with van der Waals surface area (Å²) >= 11 is 0. The molecule has 0 N–H and O–H groups in total. The highest BCUT2D eigenvalue weighted by atomic mass is 16.5. The van der Waals surface area contributed by atoms with E-state index < -0.39 is 0 Å². The van der Waals surface area contributed by atoms with Crippen molar-refractivity contribution in [3.8, 4) is 5.75 Å². The van der Waals surface area contributed by atoms with Gasteiger partial charge in [0.2, 0.25) is 0 Å². The Kier molecular flexibility index (Phi) is 6.17. The first-order chi connectivity index (χ1) is 11.2. The smallest absolute Gasteiger partial charge is 0.330 e. The predicted molar refractivity (Wildman–Crippen MR) is 90.5 cm³/mol. The lowest BCUT2D eigenvalue weighted by Gasteiger charge is -2.18. The third-order valence-corrected chi connectivity index (χ3v) is 3.23. The van der Waals surface area contributed by atoms with Gasteiger partial charge in [0.1, 0.15) is 18.2 Å². The van der Waals surface area contributed by atoms with Gasteiger partial charge in [-0.25, -0.2) is 9.78 Å². The van der Waals surface area contributed by atoms with Crippen LogP contribution >= 0.6 is 0 Å². The molecule has 0 aliphatic heterocycles. The van der Waals surface area contributed by atoms with Crippen molar-refractivity contribution in [1.29, 1.82) is 0 Å². The van der Waals surface area contributed by atoms with E-state index >= 15 is 0 Å². The monoisotopic (exact) mass is 312 g/mol. The number of hydrogen-bond acceptors (Lipinski definition) is 5. The number of esters is 1. The van der Waals surface area contributed by atoms with Crippen molar-refractivity contribution in [2.45, 2.75) is 0 Å². The molecule has 0 saturated heterocycles. The number of carbonyl (C=O) groups excluding carboxylic acids is 1. The maximum Gasteiger partial charge on any atom is 0.330 e. The van der Waals surface area contributed by atoms with Crippen molar-refractivity contribution in [1.82, 2.24) is 4.98 Å². The third kappa shape index (κ3) is 5.47. The zero-order valence-electron chi connectivity index (χ0n) is 13.3. The highest BCUT2D eigenvalue weighted by molar-refractivity contribution is 5.86. The number of rotatable bonds is 7. The number of methoxy groups -OCH3 is 1. The van der Waals surface area contributed by atoms with Crippen molar-refractivity contribution in [3.63, 3.8) is 0 Å². The van der Waals surface area contributed by atoms with E-state index in [0.717, 1.165) is 23.7 Å². The summed E-state index contributed by atoms with van der Waals surface area (Å²) in [5.41, 5.74) is 0.911. The molecule has 0 atom stereocenters. The normalized spacial score (nSPS) is 10.5. The number of carbonyl (C=O) groups is 1. The number of anilines is 1. The number of hydrogen-bond donors (Lipinski definition) is 0. The fourth-order valence-electron chi connectivity index (χ4n) is 1.90. The minimum absolute atomic E-state index is 0.372. The maximum absolute atomic E-state index is 11.0. The minimum Gasteiger partial charge on any atom is -0.492 e. The summed E-state index contributed by atoms with van der Waals surface area (Å²) in [6.07, 6.45) is 4.86. The molecular weight excluding hydrogens is 292 g/mol. The van der Waals surface area contributed by atoms with Crippen molar-refractivity contribution >= 4 is 17.9 Å². The first kappa shape index (κ1) is 16.5. The van der Waals surface area contributed by atoms with Gasteiger partial charge in [-0.3, -0.25) is 0 Å². The fourth-order valence-corrected chi connectivity index (χ4v) is 1.90. The van der Waals surface area contributed by atoms with Crippen LogP contribution in [0.2, 0.25) is 0 Å². The fraction of sp³-hybridized carbons (Fsp3) is 0.222. The van der Waals surface area contributed by atoms with E-state index in [1.807, 2.05) is 54.4 Å². The van der Waals surface area contributed by atoms with Crippen molar-refractivity contribution in [3.05, 3.63) is 60.3 Å². The third-order valence-electron chi connectivity index (χ3n) is 3.23. The number of aromatic nitrogens is 1. The number of ether oxygens (including phenoxy) is 2. The van der Waals surface area contributed by atoms with Gasteiger partial charge in [-0.2, -0.15) is 0 Å².